The highest BCUT2D eigenvalue weighted by molar-refractivity contribution is 7.93. The summed E-state index contributed by atoms with van der Waals surface area (Å²) in [6, 6.07) is 13.2. The highest BCUT2D eigenvalue weighted by Gasteiger charge is 2.32. The van der Waals surface area contributed by atoms with Crippen molar-refractivity contribution in [2.24, 2.45) is 0 Å². The molecule has 2 rings (SSSR count). The zero-order valence-corrected chi connectivity index (χ0v) is 16.4. The van der Waals surface area contributed by atoms with Crippen molar-refractivity contribution < 1.29 is 18.1 Å². The number of rotatable bonds is 10. The van der Waals surface area contributed by atoms with Crippen molar-refractivity contribution in [3.05, 3.63) is 64.7 Å². The maximum atomic E-state index is 13.2. The quantitative estimate of drug-likeness (QED) is 0.371. The molecule has 0 heterocycles. The Morgan fingerprint density at radius 2 is 1.71 bits per heavy atom. The SMILES string of the molecule is CCCCCNC(=O)CN(c1ccccc1)S(=O)(=O)c1ccccc1[N+](=O)[O-]. The molecule has 9 heteroatoms. The summed E-state index contributed by atoms with van der Waals surface area (Å²) in [5.41, 5.74) is -0.281. The first-order valence-electron chi connectivity index (χ1n) is 8.95. The van der Waals surface area contributed by atoms with Gasteiger partial charge in [0.2, 0.25) is 5.91 Å². The zero-order valence-electron chi connectivity index (χ0n) is 15.6. The van der Waals surface area contributed by atoms with Crippen LogP contribution in [0.3, 0.4) is 0 Å². The molecule has 0 unspecified atom stereocenters. The number of hydrogen-bond donors (Lipinski definition) is 1. The number of carbonyl (C=O) groups excluding carboxylic acids is 1. The summed E-state index contributed by atoms with van der Waals surface area (Å²) in [7, 11) is -4.33. The molecule has 0 atom stereocenters. The molecule has 0 bridgehead atoms. The Hall–Kier alpha value is -2.94. The minimum Gasteiger partial charge on any atom is -0.355 e. The van der Waals surface area contributed by atoms with Gasteiger partial charge in [-0.3, -0.25) is 19.2 Å². The van der Waals surface area contributed by atoms with Gasteiger partial charge in [-0.25, -0.2) is 8.42 Å². The van der Waals surface area contributed by atoms with Crippen molar-refractivity contribution in [2.75, 3.05) is 17.4 Å². The van der Waals surface area contributed by atoms with Gasteiger partial charge in [-0.1, -0.05) is 50.1 Å². The summed E-state index contributed by atoms with van der Waals surface area (Å²) in [6.45, 7) is 2.02. The van der Waals surface area contributed by atoms with E-state index in [1.807, 2.05) is 6.92 Å². The summed E-state index contributed by atoms with van der Waals surface area (Å²) in [5.74, 6) is -0.470. The number of anilines is 1. The van der Waals surface area contributed by atoms with Crippen LogP contribution >= 0.6 is 0 Å². The molecule has 0 fully saturated rings. The molecule has 0 aliphatic carbocycles. The fourth-order valence-corrected chi connectivity index (χ4v) is 4.22. The molecule has 1 N–H and O–H groups in total. The summed E-state index contributed by atoms with van der Waals surface area (Å²) in [4.78, 5) is 22.4. The average molecular weight is 405 g/mol. The van der Waals surface area contributed by atoms with Crippen molar-refractivity contribution in [1.29, 1.82) is 0 Å². The maximum Gasteiger partial charge on any atom is 0.289 e. The zero-order chi connectivity index (χ0) is 20.6. The molecule has 2 aromatic carbocycles. The number of amides is 1. The number of para-hydroxylation sites is 2. The smallest absolute Gasteiger partial charge is 0.289 e. The fraction of sp³-hybridized carbons (Fsp3) is 0.316. The van der Waals surface area contributed by atoms with Crippen LogP contribution in [-0.2, 0) is 14.8 Å². The summed E-state index contributed by atoms with van der Waals surface area (Å²) < 4.78 is 27.3. The van der Waals surface area contributed by atoms with E-state index in [0.717, 1.165) is 29.6 Å². The second-order valence-electron chi connectivity index (χ2n) is 6.13. The van der Waals surface area contributed by atoms with E-state index in [0.29, 0.717) is 6.54 Å². The van der Waals surface area contributed by atoms with Gasteiger partial charge in [0, 0.05) is 12.6 Å². The van der Waals surface area contributed by atoms with Crippen LogP contribution in [0.2, 0.25) is 0 Å². The van der Waals surface area contributed by atoms with E-state index < -0.39 is 38.0 Å². The molecular weight excluding hydrogens is 382 g/mol. The third kappa shape index (κ3) is 5.29. The van der Waals surface area contributed by atoms with Gasteiger partial charge in [0.1, 0.15) is 6.54 Å². The van der Waals surface area contributed by atoms with Gasteiger partial charge in [-0.15, -0.1) is 0 Å². The molecule has 0 saturated carbocycles. The molecule has 2 aromatic rings. The van der Waals surface area contributed by atoms with E-state index >= 15 is 0 Å². The van der Waals surface area contributed by atoms with Crippen molar-refractivity contribution in [2.45, 2.75) is 31.1 Å². The van der Waals surface area contributed by atoms with Crippen LogP contribution in [0.4, 0.5) is 11.4 Å². The van der Waals surface area contributed by atoms with Crippen molar-refractivity contribution in [3.8, 4) is 0 Å². The highest BCUT2D eigenvalue weighted by atomic mass is 32.2. The normalized spacial score (nSPS) is 11.0. The van der Waals surface area contributed by atoms with Gasteiger partial charge in [0.25, 0.3) is 15.7 Å². The van der Waals surface area contributed by atoms with E-state index in [4.69, 9.17) is 0 Å². The molecule has 0 spiro atoms. The van der Waals surface area contributed by atoms with Gasteiger partial charge < -0.3 is 5.32 Å². The van der Waals surface area contributed by atoms with Crippen LogP contribution in [0, 0.1) is 10.1 Å². The van der Waals surface area contributed by atoms with Gasteiger partial charge >= 0.3 is 0 Å². The van der Waals surface area contributed by atoms with E-state index in [-0.39, 0.29) is 5.69 Å². The average Bonchev–Trinajstić information content (AvgIpc) is 2.70. The Morgan fingerprint density at radius 1 is 1.07 bits per heavy atom. The molecular formula is C19H23N3O5S. The fourth-order valence-electron chi connectivity index (χ4n) is 2.64. The van der Waals surface area contributed by atoms with Crippen molar-refractivity contribution >= 4 is 27.3 Å². The number of hydrogen-bond acceptors (Lipinski definition) is 5. The predicted octanol–water partition coefficient (Wildman–Crippen LogP) is 3.10. The maximum absolute atomic E-state index is 13.2. The molecule has 0 aliphatic rings. The standard InChI is InChI=1S/C19H23N3O5S/c1-2-3-9-14-20-19(23)15-21(16-10-5-4-6-11-16)28(26,27)18-13-8-7-12-17(18)22(24)25/h4-8,10-13H,2-3,9,14-15H2,1H3,(H,20,23). The van der Waals surface area contributed by atoms with E-state index in [1.54, 1.807) is 18.2 Å². The highest BCUT2D eigenvalue weighted by Crippen LogP contribution is 2.29. The molecule has 150 valence electrons. The van der Waals surface area contributed by atoms with Crippen LogP contribution in [-0.4, -0.2) is 32.3 Å². The van der Waals surface area contributed by atoms with E-state index in [9.17, 15) is 23.3 Å². The minimum atomic E-state index is -4.33. The lowest BCUT2D eigenvalue weighted by Gasteiger charge is -2.24. The van der Waals surface area contributed by atoms with Crippen LogP contribution in [0.25, 0.3) is 0 Å². The van der Waals surface area contributed by atoms with Crippen LogP contribution in [0.1, 0.15) is 26.2 Å². The third-order valence-corrected chi connectivity index (χ3v) is 5.89. The number of nitrogens with one attached hydrogen (secondary N) is 1. The first-order valence-corrected chi connectivity index (χ1v) is 10.4. The summed E-state index contributed by atoms with van der Waals surface area (Å²) >= 11 is 0. The molecule has 0 radical (unpaired) electrons. The van der Waals surface area contributed by atoms with E-state index in [2.05, 4.69) is 5.32 Å². The Morgan fingerprint density at radius 3 is 2.36 bits per heavy atom. The van der Waals surface area contributed by atoms with Crippen LogP contribution in [0.15, 0.2) is 59.5 Å². The minimum absolute atomic E-state index is 0.254. The van der Waals surface area contributed by atoms with Gasteiger partial charge in [0.15, 0.2) is 4.90 Å². The number of nitro groups is 1. The lowest BCUT2D eigenvalue weighted by molar-refractivity contribution is -0.387. The number of sulfonamides is 1. The Labute approximate surface area is 164 Å². The Kier molecular flexibility index (Phi) is 7.51. The molecule has 28 heavy (non-hydrogen) atoms. The molecule has 0 aromatic heterocycles. The van der Waals surface area contributed by atoms with Crippen LogP contribution in [0.5, 0.6) is 0 Å². The lowest BCUT2D eigenvalue weighted by Crippen LogP contribution is -2.41. The van der Waals surface area contributed by atoms with Gasteiger partial charge in [-0.2, -0.15) is 0 Å². The molecule has 0 aliphatic heterocycles. The lowest BCUT2D eigenvalue weighted by atomic mass is 10.2. The second kappa shape index (κ2) is 9.84. The van der Waals surface area contributed by atoms with Crippen molar-refractivity contribution in [3.63, 3.8) is 0 Å². The number of nitrogens with zero attached hydrogens (tertiary/aromatic N) is 2. The Balaban J connectivity index is 2.37. The van der Waals surface area contributed by atoms with Gasteiger partial charge in [0.05, 0.1) is 10.6 Å². The van der Waals surface area contributed by atoms with Crippen LogP contribution < -0.4 is 9.62 Å². The third-order valence-electron chi connectivity index (χ3n) is 4.06. The second-order valence-corrected chi connectivity index (χ2v) is 7.96. The topological polar surface area (TPSA) is 110 Å². The van der Waals surface area contributed by atoms with Gasteiger partial charge in [-0.05, 0) is 24.6 Å². The number of carbonyl (C=O) groups is 1. The molecule has 8 nitrogen and oxygen atoms in total. The molecule has 0 saturated heterocycles. The summed E-state index contributed by atoms with van der Waals surface area (Å²) in [6.07, 6.45) is 2.75. The number of unbranched alkanes of at least 4 members (excludes halogenated alkanes) is 2. The first kappa shape index (κ1) is 21.4. The summed E-state index contributed by atoms with van der Waals surface area (Å²) in [5, 5.41) is 14.0. The van der Waals surface area contributed by atoms with E-state index in [1.165, 1.54) is 30.3 Å². The predicted molar refractivity (Wildman–Crippen MR) is 107 cm³/mol. The number of benzene rings is 2. The first-order chi connectivity index (χ1) is 13.4. The number of nitro benzene ring substituents is 1. The Bertz CT molecular complexity index is 916. The molecule has 1 amide bonds. The van der Waals surface area contributed by atoms with Crippen molar-refractivity contribution in [1.82, 2.24) is 5.32 Å². The monoisotopic (exact) mass is 405 g/mol. The largest absolute Gasteiger partial charge is 0.355 e.